The number of anilines is 1. The Balaban J connectivity index is 1.70. The molecule has 0 radical (unpaired) electrons. The van der Waals surface area contributed by atoms with E-state index in [1.54, 1.807) is 22.7 Å². The number of allylic oxidation sites excluding steroid dienone is 2. The predicted octanol–water partition coefficient (Wildman–Crippen LogP) is 3.64. The number of thiazole rings is 2. The van der Waals surface area contributed by atoms with Crippen molar-refractivity contribution in [3.05, 3.63) is 31.2 Å². The lowest BCUT2D eigenvalue weighted by molar-refractivity contribution is -0.109. The number of carbonyl (C=O) groups is 1. The molecule has 34 heavy (non-hydrogen) atoms. The van der Waals surface area contributed by atoms with Crippen LogP contribution in [0.15, 0.2) is 5.76 Å². The molecule has 4 heterocycles. The Bertz CT molecular complexity index is 1300. The molecule has 1 aliphatic carbocycles. The largest absolute Gasteiger partial charge is 0.506 e. The zero-order valence-electron chi connectivity index (χ0n) is 21.0. The number of aromatic nitrogens is 2. The maximum Gasteiger partial charge on any atom is 0.203 e. The Morgan fingerprint density at radius 2 is 1.62 bits per heavy atom. The van der Waals surface area contributed by atoms with Gasteiger partial charge in [0.05, 0.1) is 31.9 Å². The lowest BCUT2D eigenvalue weighted by atomic mass is 9.81. The zero-order valence-corrected chi connectivity index (χ0v) is 22.6. The minimum absolute atomic E-state index is 0.0881. The molecule has 2 fully saturated rings. The molecular weight excluding hydrogens is 464 g/mol. The Hall–Kier alpha value is -2.03. The maximum atomic E-state index is 13.7. The van der Waals surface area contributed by atoms with Crippen LogP contribution in [0.2, 0.25) is 0 Å². The second kappa shape index (κ2) is 8.28. The van der Waals surface area contributed by atoms with Crippen molar-refractivity contribution in [1.82, 2.24) is 15.3 Å². The van der Waals surface area contributed by atoms with E-state index in [0.29, 0.717) is 11.1 Å². The van der Waals surface area contributed by atoms with Gasteiger partial charge in [0.15, 0.2) is 5.13 Å². The Morgan fingerprint density at radius 1 is 0.941 bits per heavy atom. The van der Waals surface area contributed by atoms with Crippen LogP contribution in [-0.2, 0) is 15.6 Å². The van der Waals surface area contributed by atoms with Gasteiger partial charge in [-0.05, 0) is 31.4 Å². The monoisotopic (exact) mass is 498 g/mol. The van der Waals surface area contributed by atoms with E-state index < -0.39 is 0 Å². The van der Waals surface area contributed by atoms with Gasteiger partial charge in [0.1, 0.15) is 10.4 Å². The minimum atomic E-state index is -0.232. The van der Waals surface area contributed by atoms with Crippen LogP contribution in [0.5, 0.6) is 0 Å². The van der Waals surface area contributed by atoms with Gasteiger partial charge < -0.3 is 15.3 Å². The average Bonchev–Trinajstić information content (AvgIpc) is 3.51. The van der Waals surface area contributed by atoms with Crippen molar-refractivity contribution >= 4 is 50.3 Å². The fourth-order valence-corrected chi connectivity index (χ4v) is 7.51. The number of rotatable bonds is 2. The fourth-order valence-electron chi connectivity index (χ4n) is 4.75. The topological polar surface area (TPSA) is 78.3 Å². The van der Waals surface area contributed by atoms with Gasteiger partial charge in [0, 0.05) is 30.5 Å². The molecule has 2 aromatic heterocycles. The van der Waals surface area contributed by atoms with E-state index in [9.17, 15) is 9.90 Å². The summed E-state index contributed by atoms with van der Waals surface area (Å²) in [6, 6.07) is 0. The normalized spacial score (nSPS) is 22.8. The lowest BCUT2D eigenvalue weighted by Crippen LogP contribution is -2.31. The number of carbonyl (C=O) groups excluding carboxylic acids is 1. The van der Waals surface area contributed by atoms with Crippen molar-refractivity contribution in [2.45, 2.75) is 71.6 Å². The Morgan fingerprint density at radius 3 is 2.18 bits per heavy atom. The van der Waals surface area contributed by atoms with E-state index in [1.807, 2.05) is 0 Å². The van der Waals surface area contributed by atoms with Gasteiger partial charge in [-0.25, -0.2) is 9.97 Å². The van der Waals surface area contributed by atoms with Gasteiger partial charge in [0.2, 0.25) is 5.78 Å². The molecule has 2 aliphatic heterocycles. The van der Waals surface area contributed by atoms with E-state index in [-0.39, 0.29) is 22.4 Å². The highest BCUT2D eigenvalue weighted by molar-refractivity contribution is 7.17. The molecule has 2 aromatic rings. The molecule has 0 bridgehead atoms. The molecule has 8 heteroatoms. The van der Waals surface area contributed by atoms with Crippen LogP contribution in [0.25, 0.3) is 16.7 Å². The first kappa shape index (κ1) is 23.7. The first-order valence-electron chi connectivity index (χ1n) is 12.2. The van der Waals surface area contributed by atoms with Crippen LogP contribution in [0.1, 0.15) is 77.1 Å². The summed E-state index contributed by atoms with van der Waals surface area (Å²) >= 11 is 3.09. The van der Waals surface area contributed by atoms with Gasteiger partial charge in [0.25, 0.3) is 0 Å². The molecule has 6 nitrogen and oxygen atoms in total. The third kappa shape index (κ3) is 3.93. The van der Waals surface area contributed by atoms with Gasteiger partial charge in [-0.1, -0.05) is 52.9 Å². The van der Waals surface area contributed by atoms with Gasteiger partial charge in [-0.15, -0.1) is 11.3 Å². The van der Waals surface area contributed by atoms with Crippen LogP contribution in [0.3, 0.4) is 0 Å². The summed E-state index contributed by atoms with van der Waals surface area (Å²) < 4.78 is 1.80. The van der Waals surface area contributed by atoms with Gasteiger partial charge >= 0.3 is 0 Å². The smallest absolute Gasteiger partial charge is 0.203 e. The average molecular weight is 499 g/mol. The van der Waals surface area contributed by atoms with E-state index in [2.05, 4.69) is 51.8 Å². The fraction of sp³-hybridized carbons (Fsp3) is 0.577. The molecule has 0 atom stereocenters. The maximum absolute atomic E-state index is 13.7. The van der Waals surface area contributed by atoms with Gasteiger partial charge in [-0.3, -0.25) is 4.79 Å². The molecule has 0 aromatic carbocycles. The number of aliphatic hydroxyl groups is 1. The number of ketones is 1. The van der Waals surface area contributed by atoms with E-state index in [0.717, 1.165) is 63.2 Å². The predicted molar refractivity (Wildman–Crippen MR) is 141 cm³/mol. The van der Waals surface area contributed by atoms with E-state index >= 15 is 0 Å². The third-order valence-electron chi connectivity index (χ3n) is 6.67. The van der Waals surface area contributed by atoms with Crippen molar-refractivity contribution in [2.75, 3.05) is 31.1 Å². The van der Waals surface area contributed by atoms with Crippen molar-refractivity contribution < 1.29 is 9.90 Å². The molecular formula is C26H34N4O2S2. The summed E-state index contributed by atoms with van der Waals surface area (Å²) in [6.45, 7) is 16.5. The van der Waals surface area contributed by atoms with Crippen LogP contribution in [0, 0.1) is 0 Å². The number of aliphatic hydroxyl groups excluding tert-OH is 1. The first-order valence-corrected chi connectivity index (χ1v) is 13.8. The summed E-state index contributed by atoms with van der Waals surface area (Å²) in [6.07, 6.45) is 3.31. The number of hydrogen-bond acceptors (Lipinski definition) is 8. The highest BCUT2D eigenvalue weighted by Crippen LogP contribution is 2.46. The molecule has 5 rings (SSSR count). The summed E-state index contributed by atoms with van der Waals surface area (Å²) in [5.74, 6) is 0.0113. The number of nitrogens with one attached hydrogen (secondary N) is 1. The van der Waals surface area contributed by atoms with Crippen LogP contribution in [-0.4, -0.2) is 47.0 Å². The highest BCUT2D eigenvalue weighted by Gasteiger charge is 2.42. The van der Waals surface area contributed by atoms with Crippen molar-refractivity contribution in [1.29, 1.82) is 0 Å². The Kier molecular flexibility index (Phi) is 5.77. The molecule has 2 N–H and O–H groups in total. The molecule has 3 aliphatic rings. The van der Waals surface area contributed by atoms with Gasteiger partial charge in [-0.2, -0.15) is 0 Å². The molecule has 2 saturated heterocycles. The first-order chi connectivity index (χ1) is 16.0. The quantitative estimate of drug-likeness (QED) is 0.658. The van der Waals surface area contributed by atoms with Crippen molar-refractivity contribution in [3.8, 4) is 0 Å². The number of Topliss-reactive ketones (excluding diaryl/α,β-unsaturated/α-hetero) is 1. The molecule has 0 unspecified atom stereocenters. The second-order valence-corrected chi connectivity index (χ2v) is 13.5. The summed E-state index contributed by atoms with van der Waals surface area (Å²) in [5.41, 5.74) is 3.45. The summed E-state index contributed by atoms with van der Waals surface area (Å²) in [7, 11) is 0. The number of hydrogen-bond donors (Lipinski definition) is 2. The SMILES string of the molecule is CC(C)(C)c1nc(N2CCCC2)sc1C1=C(O)/C(=c2/s/c(=C3/CCNC3)nc2C(C)(C)C)C1=O. The van der Waals surface area contributed by atoms with E-state index in [4.69, 9.17) is 9.97 Å². The molecule has 0 amide bonds. The van der Waals surface area contributed by atoms with Crippen LogP contribution in [0.4, 0.5) is 5.13 Å². The van der Waals surface area contributed by atoms with E-state index in [1.165, 1.54) is 18.4 Å². The Labute approximate surface area is 209 Å². The lowest BCUT2D eigenvalue weighted by Gasteiger charge is -2.25. The van der Waals surface area contributed by atoms with Crippen LogP contribution < -0.4 is 19.4 Å². The standard InChI is InChI=1S/C26H34N4O2S2/c1-25(2,3)21-19(33-23(28-21)14-9-10-27-13-14)15-17(31)16(18(15)32)20-22(26(4,5)6)29-24(34-20)30-11-7-8-12-30/h27,31H,7-13H2,1-6H3/b19-15-,23-14-. The highest BCUT2D eigenvalue weighted by atomic mass is 32.1. The zero-order chi connectivity index (χ0) is 24.4. The molecule has 182 valence electrons. The number of nitrogens with zero attached hydrogens (tertiary/aromatic N) is 3. The summed E-state index contributed by atoms with van der Waals surface area (Å²) in [4.78, 5) is 26.7. The minimum Gasteiger partial charge on any atom is -0.506 e. The summed E-state index contributed by atoms with van der Waals surface area (Å²) in [5, 5.41) is 15.7. The third-order valence-corrected chi connectivity index (χ3v) is 8.98. The molecule has 0 saturated carbocycles. The van der Waals surface area contributed by atoms with Crippen molar-refractivity contribution in [2.24, 2.45) is 0 Å². The van der Waals surface area contributed by atoms with Crippen LogP contribution >= 0.6 is 22.7 Å². The molecule has 0 spiro atoms. The van der Waals surface area contributed by atoms with Crippen molar-refractivity contribution in [3.63, 3.8) is 0 Å². The second-order valence-electron chi connectivity index (χ2n) is 11.5.